The average Bonchev–Trinajstić information content (AvgIpc) is 2.26. The van der Waals surface area contributed by atoms with E-state index >= 15 is 0 Å². The molecule has 16 heavy (non-hydrogen) atoms. The van der Waals surface area contributed by atoms with Crippen molar-refractivity contribution < 1.29 is 14.7 Å². The van der Waals surface area contributed by atoms with E-state index in [0.717, 1.165) is 17.2 Å². The molecule has 0 aliphatic rings. The van der Waals surface area contributed by atoms with Gasteiger partial charge in [0.05, 0.1) is 0 Å². The standard InChI is InChI=1S/C12H13NO3/c1-8-7-10(12(16)13-2)4-3-9(8)5-6-11(14)15/h3-7H,1-2H3,(H,13,16)(H,14,15)/b6-5+. The molecule has 84 valence electrons. The number of nitrogens with one attached hydrogen (secondary N) is 1. The Labute approximate surface area is 93.6 Å². The molecule has 0 atom stereocenters. The van der Waals surface area contributed by atoms with Gasteiger partial charge in [-0.05, 0) is 36.3 Å². The second-order valence-corrected chi connectivity index (χ2v) is 3.32. The lowest BCUT2D eigenvalue weighted by Gasteiger charge is -2.04. The first-order valence-electron chi connectivity index (χ1n) is 4.78. The minimum Gasteiger partial charge on any atom is -0.478 e. The quantitative estimate of drug-likeness (QED) is 0.756. The van der Waals surface area contributed by atoms with E-state index in [9.17, 15) is 9.59 Å². The monoisotopic (exact) mass is 219 g/mol. The van der Waals surface area contributed by atoms with E-state index in [0.29, 0.717) is 5.56 Å². The molecule has 0 bridgehead atoms. The van der Waals surface area contributed by atoms with Crippen LogP contribution in [0.5, 0.6) is 0 Å². The van der Waals surface area contributed by atoms with Gasteiger partial charge in [-0.15, -0.1) is 0 Å². The van der Waals surface area contributed by atoms with Crippen molar-refractivity contribution in [3.63, 3.8) is 0 Å². The highest BCUT2D eigenvalue weighted by atomic mass is 16.4. The van der Waals surface area contributed by atoms with Crippen LogP contribution in [0.15, 0.2) is 24.3 Å². The Hall–Kier alpha value is -2.10. The number of amides is 1. The topological polar surface area (TPSA) is 66.4 Å². The zero-order valence-electron chi connectivity index (χ0n) is 9.15. The number of hydrogen-bond donors (Lipinski definition) is 2. The Bertz CT molecular complexity index is 450. The van der Waals surface area contributed by atoms with Crippen LogP contribution in [-0.2, 0) is 4.79 Å². The summed E-state index contributed by atoms with van der Waals surface area (Å²) in [7, 11) is 1.57. The van der Waals surface area contributed by atoms with Gasteiger partial charge in [0, 0.05) is 18.7 Å². The molecule has 1 rings (SSSR count). The summed E-state index contributed by atoms with van der Waals surface area (Å²) in [4.78, 5) is 21.7. The molecular weight excluding hydrogens is 206 g/mol. The van der Waals surface area contributed by atoms with Crippen molar-refractivity contribution in [3.8, 4) is 0 Å². The van der Waals surface area contributed by atoms with E-state index in [-0.39, 0.29) is 5.91 Å². The van der Waals surface area contributed by atoms with Crippen molar-refractivity contribution in [2.24, 2.45) is 0 Å². The first-order valence-corrected chi connectivity index (χ1v) is 4.78. The van der Waals surface area contributed by atoms with Crippen molar-refractivity contribution in [2.45, 2.75) is 6.92 Å². The van der Waals surface area contributed by atoms with E-state index < -0.39 is 5.97 Å². The number of rotatable bonds is 3. The Kier molecular flexibility index (Phi) is 3.83. The Balaban J connectivity index is 3.00. The number of carbonyl (C=O) groups excluding carboxylic acids is 1. The van der Waals surface area contributed by atoms with Crippen molar-refractivity contribution >= 4 is 18.0 Å². The Morgan fingerprint density at radius 1 is 1.38 bits per heavy atom. The largest absolute Gasteiger partial charge is 0.478 e. The lowest BCUT2D eigenvalue weighted by Crippen LogP contribution is -2.17. The molecule has 0 radical (unpaired) electrons. The molecule has 1 aromatic rings. The normalized spacial score (nSPS) is 10.4. The Morgan fingerprint density at radius 3 is 2.56 bits per heavy atom. The third-order valence-corrected chi connectivity index (χ3v) is 2.16. The fourth-order valence-corrected chi connectivity index (χ4v) is 1.31. The van der Waals surface area contributed by atoms with Gasteiger partial charge in [0.15, 0.2) is 0 Å². The second kappa shape index (κ2) is 5.11. The molecule has 1 aromatic carbocycles. The number of carbonyl (C=O) groups is 2. The third-order valence-electron chi connectivity index (χ3n) is 2.16. The minimum absolute atomic E-state index is 0.156. The van der Waals surface area contributed by atoms with E-state index in [2.05, 4.69) is 5.32 Å². The van der Waals surface area contributed by atoms with Crippen molar-refractivity contribution in [2.75, 3.05) is 7.05 Å². The summed E-state index contributed by atoms with van der Waals surface area (Å²) in [5.74, 6) is -1.15. The van der Waals surface area contributed by atoms with E-state index in [1.165, 1.54) is 6.08 Å². The summed E-state index contributed by atoms with van der Waals surface area (Å²) < 4.78 is 0. The Morgan fingerprint density at radius 2 is 2.06 bits per heavy atom. The third kappa shape index (κ3) is 2.95. The minimum atomic E-state index is -0.991. The van der Waals surface area contributed by atoms with Crippen LogP contribution in [0.25, 0.3) is 6.08 Å². The van der Waals surface area contributed by atoms with Crippen LogP contribution < -0.4 is 5.32 Å². The number of aliphatic carboxylic acids is 1. The molecule has 0 aromatic heterocycles. The molecule has 0 saturated heterocycles. The number of aryl methyl sites for hydroxylation is 1. The molecule has 0 aliphatic heterocycles. The van der Waals surface area contributed by atoms with Gasteiger partial charge < -0.3 is 10.4 Å². The lowest BCUT2D eigenvalue weighted by molar-refractivity contribution is -0.131. The van der Waals surface area contributed by atoms with E-state index in [1.54, 1.807) is 25.2 Å². The van der Waals surface area contributed by atoms with Gasteiger partial charge in [-0.2, -0.15) is 0 Å². The van der Waals surface area contributed by atoms with Crippen LogP contribution in [-0.4, -0.2) is 24.0 Å². The summed E-state index contributed by atoms with van der Waals surface area (Å²) in [6.07, 6.45) is 2.58. The van der Waals surface area contributed by atoms with Gasteiger partial charge >= 0.3 is 5.97 Å². The highest BCUT2D eigenvalue weighted by Crippen LogP contribution is 2.12. The summed E-state index contributed by atoms with van der Waals surface area (Å²) in [6.45, 7) is 1.83. The molecule has 0 aliphatic carbocycles. The van der Waals surface area contributed by atoms with Crippen LogP contribution in [0.1, 0.15) is 21.5 Å². The first kappa shape index (κ1) is 12.0. The van der Waals surface area contributed by atoms with Crippen LogP contribution in [0.2, 0.25) is 0 Å². The molecular formula is C12H13NO3. The van der Waals surface area contributed by atoms with Crippen LogP contribution in [0.4, 0.5) is 0 Å². The maximum atomic E-state index is 11.3. The molecule has 4 heteroatoms. The SMILES string of the molecule is CNC(=O)c1ccc(/C=C/C(=O)O)c(C)c1. The predicted molar refractivity (Wildman–Crippen MR) is 61.2 cm³/mol. The van der Waals surface area contributed by atoms with Gasteiger partial charge in [-0.1, -0.05) is 6.07 Å². The lowest BCUT2D eigenvalue weighted by atomic mass is 10.0. The molecule has 0 spiro atoms. The number of carboxylic acid groups (broad SMARTS) is 1. The number of hydrogen-bond acceptors (Lipinski definition) is 2. The van der Waals surface area contributed by atoms with Crippen LogP contribution in [0, 0.1) is 6.92 Å². The summed E-state index contributed by atoms with van der Waals surface area (Å²) in [6, 6.07) is 5.10. The molecule has 0 unspecified atom stereocenters. The van der Waals surface area contributed by atoms with E-state index in [4.69, 9.17) is 5.11 Å². The molecule has 4 nitrogen and oxygen atoms in total. The van der Waals surface area contributed by atoms with E-state index in [1.807, 2.05) is 6.92 Å². The zero-order valence-corrected chi connectivity index (χ0v) is 9.15. The number of benzene rings is 1. The molecule has 0 saturated carbocycles. The predicted octanol–water partition coefficient (Wildman–Crippen LogP) is 1.45. The fraction of sp³-hybridized carbons (Fsp3) is 0.167. The summed E-state index contributed by atoms with van der Waals surface area (Å²) in [5, 5.41) is 11.0. The van der Waals surface area contributed by atoms with Crippen molar-refractivity contribution in [3.05, 3.63) is 41.0 Å². The van der Waals surface area contributed by atoms with Crippen LogP contribution >= 0.6 is 0 Å². The van der Waals surface area contributed by atoms with Crippen LogP contribution in [0.3, 0.4) is 0 Å². The smallest absolute Gasteiger partial charge is 0.328 e. The molecule has 0 fully saturated rings. The maximum absolute atomic E-state index is 11.3. The highest BCUT2D eigenvalue weighted by Gasteiger charge is 2.04. The van der Waals surface area contributed by atoms with Gasteiger partial charge in [0.2, 0.25) is 0 Å². The van der Waals surface area contributed by atoms with Crippen molar-refractivity contribution in [1.29, 1.82) is 0 Å². The highest BCUT2D eigenvalue weighted by molar-refractivity contribution is 5.94. The summed E-state index contributed by atoms with van der Waals surface area (Å²) in [5.41, 5.74) is 2.21. The second-order valence-electron chi connectivity index (χ2n) is 3.32. The molecule has 1 amide bonds. The molecule has 0 heterocycles. The van der Waals surface area contributed by atoms with Gasteiger partial charge in [-0.25, -0.2) is 4.79 Å². The van der Waals surface area contributed by atoms with Crippen molar-refractivity contribution in [1.82, 2.24) is 5.32 Å². The summed E-state index contributed by atoms with van der Waals surface area (Å²) >= 11 is 0. The first-order chi connectivity index (χ1) is 7.54. The average molecular weight is 219 g/mol. The van der Waals surface area contributed by atoms with Gasteiger partial charge in [-0.3, -0.25) is 4.79 Å². The zero-order chi connectivity index (χ0) is 12.1. The molecule has 2 N–H and O–H groups in total. The van der Waals surface area contributed by atoms with Gasteiger partial charge in [0.25, 0.3) is 5.91 Å². The fourth-order valence-electron chi connectivity index (χ4n) is 1.31. The number of carboxylic acids is 1. The maximum Gasteiger partial charge on any atom is 0.328 e. The van der Waals surface area contributed by atoms with Gasteiger partial charge in [0.1, 0.15) is 0 Å².